The second kappa shape index (κ2) is 5.51. The third-order valence-corrected chi connectivity index (χ3v) is 2.64. The number of halogens is 1. The van der Waals surface area contributed by atoms with Crippen LogP contribution in [0.3, 0.4) is 0 Å². The van der Waals surface area contributed by atoms with E-state index >= 15 is 0 Å². The van der Waals surface area contributed by atoms with Gasteiger partial charge >= 0.3 is 5.97 Å². The fourth-order valence-corrected chi connectivity index (χ4v) is 1.63. The molecule has 0 bridgehead atoms. The number of hydrogen-bond acceptors (Lipinski definition) is 4. The molecule has 2 rings (SSSR count). The zero-order valence-electron chi connectivity index (χ0n) is 9.59. The SMILES string of the molecule is COC(=O)c1cccc(Oc2ccncc2)c1Cl. The van der Waals surface area contributed by atoms with E-state index in [0.29, 0.717) is 11.5 Å². The van der Waals surface area contributed by atoms with Crippen molar-refractivity contribution in [3.63, 3.8) is 0 Å². The smallest absolute Gasteiger partial charge is 0.339 e. The number of carbonyl (C=O) groups is 1. The van der Waals surface area contributed by atoms with E-state index in [4.69, 9.17) is 16.3 Å². The molecule has 1 heterocycles. The summed E-state index contributed by atoms with van der Waals surface area (Å²) in [5.74, 6) is 0.486. The maximum absolute atomic E-state index is 11.5. The number of esters is 1. The van der Waals surface area contributed by atoms with Crippen molar-refractivity contribution in [2.24, 2.45) is 0 Å². The molecule has 0 saturated carbocycles. The zero-order chi connectivity index (χ0) is 13.0. The molecule has 0 aliphatic heterocycles. The molecule has 0 aliphatic rings. The Balaban J connectivity index is 2.32. The van der Waals surface area contributed by atoms with Crippen LogP contribution in [0.25, 0.3) is 0 Å². The quantitative estimate of drug-likeness (QED) is 0.797. The van der Waals surface area contributed by atoms with E-state index in [1.165, 1.54) is 7.11 Å². The summed E-state index contributed by atoms with van der Waals surface area (Å²) in [5, 5.41) is 0.223. The maximum Gasteiger partial charge on any atom is 0.339 e. The number of ether oxygens (including phenoxy) is 2. The van der Waals surface area contributed by atoms with Crippen LogP contribution in [0.4, 0.5) is 0 Å². The lowest BCUT2D eigenvalue weighted by molar-refractivity contribution is 0.0600. The summed E-state index contributed by atoms with van der Waals surface area (Å²) in [6.45, 7) is 0. The summed E-state index contributed by atoms with van der Waals surface area (Å²) < 4.78 is 10.2. The van der Waals surface area contributed by atoms with Gasteiger partial charge in [0.15, 0.2) is 0 Å². The monoisotopic (exact) mass is 263 g/mol. The van der Waals surface area contributed by atoms with Crippen molar-refractivity contribution in [1.29, 1.82) is 0 Å². The zero-order valence-corrected chi connectivity index (χ0v) is 10.3. The van der Waals surface area contributed by atoms with Crippen LogP contribution in [0.5, 0.6) is 11.5 Å². The third-order valence-electron chi connectivity index (χ3n) is 2.25. The van der Waals surface area contributed by atoms with E-state index in [0.717, 1.165) is 0 Å². The Bertz CT molecular complexity index is 557. The van der Waals surface area contributed by atoms with E-state index < -0.39 is 5.97 Å². The average Bonchev–Trinajstić information content (AvgIpc) is 2.41. The number of rotatable bonds is 3. The molecule has 0 spiro atoms. The fraction of sp³-hybridized carbons (Fsp3) is 0.0769. The van der Waals surface area contributed by atoms with Crippen molar-refractivity contribution in [2.45, 2.75) is 0 Å². The van der Waals surface area contributed by atoms with Gasteiger partial charge in [-0.05, 0) is 24.3 Å². The van der Waals surface area contributed by atoms with E-state index in [9.17, 15) is 4.79 Å². The predicted molar refractivity (Wildman–Crippen MR) is 67.1 cm³/mol. The summed E-state index contributed by atoms with van der Waals surface area (Å²) in [5.41, 5.74) is 0.269. The maximum atomic E-state index is 11.5. The second-order valence-electron chi connectivity index (χ2n) is 3.39. The van der Waals surface area contributed by atoms with Gasteiger partial charge in [-0.25, -0.2) is 4.79 Å². The Morgan fingerprint density at radius 1 is 1.22 bits per heavy atom. The first-order valence-corrected chi connectivity index (χ1v) is 5.55. The predicted octanol–water partition coefficient (Wildman–Crippen LogP) is 3.31. The molecule has 2 aromatic rings. The first-order chi connectivity index (χ1) is 8.72. The van der Waals surface area contributed by atoms with Crippen LogP contribution in [0.15, 0.2) is 42.7 Å². The molecule has 4 nitrogen and oxygen atoms in total. The van der Waals surface area contributed by atoms with E-state index in [1.54, 1.807) is 42.7 Å². The molecule has 18 heavy (non-hydrogen) atoms. The minimum atomic E-state index is -0.500. The molecule has 0 saturated heterocycles. The molecule has 0 aliphatic carbocycles. The van der Waals surface area contributed by atoms with E-state index in [1.807, 2.05) is 0 Å². The van der Waals surface area contributed by atoms with Gasteiger partial charge in [-0.3, -0.25) is 4.98 Å². The number of methoxy groups -OCH3 is 1. The van der Waals surface area contributed by atoms with Crippen molar-refractivity contribution >= 4 is 17.6 Å². The molecule has 0 N–H and O–H groups in total. The van der Waals surface area contributed by atoms with Crippen LogP contribution in [-0.4, -0.2) is 18.1 Å². The normalized spacial score (nSPS) is 9.89. The van der Waals surface area contributed by atoms with Crippen molar-refractivity contribution in [3.8, 4) is 11.5 Å². The Hall–Kier alpha value is -2.07. The van der Waals surface area contributed by atoms with Gasteiger partial charge in [-0.2, -0.15) is 0 Å². The highest BCUT2D eigenvalue weighted by Crippen LogP contribution is 2.32. The van der Waals surface area contributed by atoms with Gasteiger partial charge in [0.2, 0.25) is 0 Å². The highest BCUT2D eigenvalue weighted by molar-refractivity contribution is 6.35. The minimum Gasteiger partial charge on any atom is -0.465 e. The second-order valence-corrected chi connectivity index (χ2v) is 3.77. The van der Waals surface area contributed by atoms with E-state index in [-0.39, 0.29) is 10.6 Å². The van der Waals surface area contributed by atoms with Crippen molar-refractivity contribution in [2.75, 3.05) is 7.11 Å². The Morgan fingerprint density at radius 2 is 1.94 bits per heavy atom. The number of aromatic nitrogens is 1. The third kappa shape index (κ3) is 2.60. The van der Waals surface area contributed by atoms with Gasteiger partial charge in [0.25, 0.3) is 0 Å². The van der Waals surface area contributed by atoms with E-state index in [2.05, 4.69) is 9.72 Å². The molecule has 0 radical (unpaired) electrons. The standard InChI is InChI=1S/C13H10ClNO3/c1-17-13(16)10-3-2-4-11(12(10)14)18-9-5-7-15-8-6-9/h2-8H,1H3. The molecular weight excluding hydrogens is 254 g/mol. The number of pyridine rings is 1. The van der Waals surface area contributed by atoms with Crippen LogP contribution >= 0.6 is 11.6 Å². The lowest BCUT2D eigenvalue weighted by atomic mass is 10.2. The molecule has 0 fully saturated rings. The summed E-state index contributed by atoms with van der Waals surface area (Å²) in [7, 11) is 1.30. The molecule has 0 unspecified atom stereocenters. The van der Waals surface area contributed by atoms with Crippen LogP contribution < -0.4 is 4.74 Å². The topological polar surface area (TPSA) is 48.4 Å². The average molecular weight is 264 g/mol. The summed E-state index contributed by atoms with van der Waals surface area (Å²) >= 11 is 6.09. The summed E-state index contributed by atoms with van der Waals surface area (Å²) in [6, 6.07) is 8.32. The van der Waals surface area contributed by atoms with Crippen molar-refractivity contribution < 1.29 is 14.3 Å². The van der Waals surface area contributed by atoms with Crippen LogP contribution in [0.2, 0.25) is 5.02 Å². The van der Waals surface area contributed by atoms with Crippen LogP contribution in [0, 0.1) is 0 Å². The Kier molecular flexibility index (Phi) is 3.79. The fourth-order valence-electron chi connectivity index (χ4n) is 1.39. The largest absolute Gasteiger partial charge is 0.465 e. The molecule has 0 atom stereocenters. The van der Waals surface area contributed by atoms with Gasteiger partial charge in [0.1, 0.15) is 11.5 Å². The molecule has 0 amide bonds. The van der Waals surface area contributed by atoms with Gasteiger partial charge in [-0.1, -0.05) is 17.7 Å². The number of nitrogens with zero attached hydrogens (tertiary/aromatic N) is 1. The molecule has 1 aromatic carbocycles. The van der Waals surface area contributed by atoms with Crippen LogP contribution in [-0.2, 0) is 4.74 Å². The van der Waals surface area contributed by atoms with Crippen molar-refractivity contribution in [3.05, 3.63) is 53.3 Å². The first kappa shape index (κ1) is 12.4. The number of hydrogen-bond donors (Lipinski definition) is 0. The number of benzene rings is 1. The lowest BCUT2D eigenvalue weighted by Crippen LogP contribution is -2.02. The Labute approximate surface area is 109 Å². The highest BCUT2D eigenvalue weighted by Gasteiger charge is 2.14. The lowest BCUT2D eigenvalue weighted by Gasteiger charge is -2.09. The molecule has 1 aromatic heterocycles. The Morgan fingerprint density at radius 3 is 2.61 bits per heavy atom. The van der Waals surface area contributed by atoms with Gasteiger partial charge in [-0.15, -0.1) is 0 Å². The molecular formula is C13H10ClNO3. The summed E-state index contributed by atoms with van der Waals surface area (Å²) in [4.78, 5) is 15.3. The van der Waals surface area contributed by atoms with Gasteiger partial charge < -0.3 is 9.47 Å². The van der Waals surface area contributed by atoms with Gasteiger partial charge in [0.05, 0.1) is 17.7 Å². The van der Waals surface area contributed by atoms with Crippen molar-refractivity contribution in [1.82, 2.24) is 4.98 Å². The number of carbonyl (C=O) groups excluding carboxylic acids is 1. The molecule has 5 heteroatoms. The van der Waals surface area contributed by atoms with Crippen LogP contribution in [0.1, 0.15) is 10.4 Å². The minimum absolute atomic E-state index is 0.223. The highest BCUT2D eigenvalue weighted by atomic mass is 35.5. The summed E-state index contributed by atoms with van der Waals surface area (Å²) in [6.07, 6.45) is 3.21. The van der Waals surface area contributed by atoms with Gasteiger partial charge in [0, 0.05) is 12.4 Å². The first-order valence-electron chi connectivity index (χ1n) is 5.17. The molecule has 92 valence electrons.